The number of sulfonamides is 1. The lowest BCUT2D eigenvalue weighted by molar-refractivity contribution is -0.764. The van der Waals surface area contributed by atoms with Gasteiger partial charge in [0.15, 0.2) is 9.84 Å². The molecule has 0 amide bonds. The van der Waals surface area contributed by atoms with Crippen LogP contribution in [0, 0.1) is 5.41 Å². The van der Waals surface area contributed by atoms with Gasteiger partial charge in [0.2, 0.25) is 10.0 Å². The van der Waals surface area contributed by atoms with Crippen molar-refractivity contribution in [2.45, 2.75) is 15.2 Å². The molecule has 1 aliphatic rings. The summed E-state index contributed by atoms with van der Waals surface area (Å²) in [6.45, 7) is -0.675. The van der Waals surface area contributed by atoms with E-state index in [0.717, 1.165) is 9.10 Å². The van der Waals surface area contributed by atoms with E-state index in [1.807, 2.05) is 0 Å². The molecule has 1 saturated heterocycles. The Bertz CT molecular complexity index is 1460. The van der Waals surface area contributed by atoms with Gasteiger partial charge in [-0.2, -0.15) is 4.31 Å². The Hall–Kier alpha value is -2.09. The quantitative estimate of drug-likeness (QED) is 0.474. The molecular formula is C18H16Cl3N5O5S2. The van der Waals surface area contributed by atoms with E-state index < -0.39 is 37.3 Å². The first kappa shape index (κ1) is 24.0. The van der Waals surface area contributed by atoms with Crippen molar-refractivity contribution in [3.63, 3.8) is 0 Å². The minimum absolute atomic E-state index is 0.0184. The van der Waals surface area contributed by atoms with E-state index in [1.165, 1.54) is 35.3 Å². The monoisotopic (exact) mass is 551 g/mol. The number of benzene rings is 2. The van der Waals surface area contributed by atoms with Gasteiger partial charge in [0.25, 0.3) is 0 Å². The van der Waals surface area contributed by atoms with E-state index >= 15 is 0 Å². The highest BCUT2D eigenvalue weighted by Gasteiger charge is 2.43. The van der Waals surface area contributed by atoms with Crippen LogP contribution in [-0.2, 0) is 19.9 Å². The zero-order chi connectivity index (χ0) is 24.0. The number of hydrogen-bond donors (Lipinski definition) is 1. The molecule has 4 rings (SSSR count). The van der Waals surface area contributed by atoms with E-state index in [9.17, 15) is 16.8 Å². The van der Waals surface area contributed by atoms with Crippen molar-refractivity contribution in [3.05, 3.63) is 69.3 Å². The largest absolute Gasteiger partial charge is 0.379 e. The molecule has 0 bridgehead atoms. The van der Waals surface area contributed by atoms with Crippen molar-refractivity contribution in [2.24, 2.45) is 0 Å². The molecule has 3 aromatic rings. The number of nitrogens with one attached hydrogen (secondary N) is 1. The van der Waals surface area contributed by atoms with Crippen LogP contribution in [0.15, 0.2) is 62.8 Å². The van der Waals surface area contributed by atoms with Crippen LogP contribution >= 0.6 is 34.8 Å². The molecule has 15 heteroatoms. The number of piperazine rings is 1. The van der Waals surface area contributed by atoms with Gasteiger partial charge in [0.1, 0.15) is 10.3 Å². The second-order valence-electron chi connectivity index (χ2n) is 7.00. The molecule has 10 nitrogen and oxygen atoms in total. The zero-order valence-electron chi connectivity index (χ0n) is 16.6. The highest BCUT2D eigenvalue weighted by Crippen LogP contribution is 2.30. The number of aromatic nitrogens is 2. The molecular weight excluding hydrogens is 537 g/mol. The number of rotatable bonds is 5. The summed E-state index contributed by atoms with van der Waals surface area (Å²) in [5.41, 5.74) is -0.462. The lowest BCUT2D eigenvalue weighted by Crippen LogP contribution is -2.73. The average Bonchev–Trinajstić information content (AvgIpc) is 3.12. The summed E-state index contributed by atoms with van der Waals surface area (Å²) in [7, 11) is -8.28. The predicted molar refractivity (Wildman–Crippen MR) is 119 cm³/mol. The fourth-order valence-electron chi connectivity index (χ4n) is 3.41. The van der Waals surface area contributed by atoms with Crippen LogP contribution in [0.2, 0.25) is 15.2 Å². The summed E-state index contributed by atoms with van der Waals surface area (Å²) in [6, 6.07) is 11.5. The topological polar surface area (TPSA) is 130 Å². The molecule has 2 heterocycles. The van der Waals surface area contributed by atoms with Crippen LogP contribution in [0.5, 0.6) is 0 Å². The lowest BCUT2D eigenvalue weighted by Gasteiger charge is -2.40. The maximum absolute atomic E-state index is 13.5. The standard InChI is InChI=1S/C18H16Cl3N5O5S2/c19-12-6-7-15(14(20)10-12)33(29,30)24-8-9-25(26-17(21)18(22)31-23-26)16(11-24)32(27,28)13-4-2-1-3-5-13/h1-7,10,16,22H,8-9,11H2. The van der Waals surface area contributed by atoms with Gasteiger partial charge in [-0.25, -0.2) is 21.8 Å². The van der Waals surface area contributed by atoms with Gasteiger partial charge >= 0.3 is 10.7 Å². The number of sulfone groups is 1. The van der Waals surface area contributed by atoms with Gasteiger partial charge in [-0.15, -0.1) is 0 Å². The maximum atomic E-state index is 13.5. The van der Waals surface area contributed by atoms with Crippen molar-refractivity contribution >= 4 is 54.7 Å². The predicted octanol–water partition coefficient (Wildman–Crippen LogP) is 1.41. The molecule has 1 unspecified atom stereocenters. The van der Waals surface area contributed by atoms with Crippen molar-refractivity contribution in [3.8, 4) is 0 Å². The second kappa shape index (κ2) is 8.93. The molecule has 1 aromatic heterocycles. The third-order valence-corrected chi connectivity index (χ3v) is 9.97. The first-order chi connectivity index (χ1) is 15.5. The van der Waals surface area contributed by atoms with Crippen LogP contribution in [0.1, 0.15) is 0 Å². The van der Waals surface area contributed by atoms with E-state index in [1.54, 1.807) is 18.2 Å². The molecule has 1 aliphatic heterocycles. The van der Waals surface area contributed by atoms with Crippen LogP contribution in [0.4, 0.5) is 0 Å². The zero-order valence-corrected chi connectivity index (χ0v) is 20.5. The van der Waals surface area contributed by atoms with Gasteiger partial charge in [-0.05, 0) is 47.2 Å². The van der Waals surface area contributed by atoms with Crippen molar-refractivity contribution in [2.75, 3.05) is 24.6 Å². The molecule has 176 valence electrons. The summed E-state index contributed by atoms with van der Waals surface area (Å²) in [5, 5.41) is 11.0. The van der Waals surface area contributed by atoms with E-state index in [2.05, 4.69) is 5.27 Å². The van der Waals surface area contributed by atoms with Gasteiger partial charge in [-0.1, -0.05) is 46.2 Å². The summed E-state index contributed by atoms with van der Waals surface area (Å²) < 4.78 is 59.5. The molecule has 1 atom stereocenters. The Labute approximate surface area is 204 Å². The third-order valence-electron chi connectivity index (χ3n) is 5.03. The summed E-state index contributed by atoms with van der Waals surface area (Å²) in [6.07, 6.45) is 0. The normalized spacial score (nSPS) is 17.9. The fourth-order valence-corrected chi connectivity index (χ4v) is 7.59. The minimum Gasteiger partial charge on any atom is -0.379 e. The van der Waals surface area contributed by atoms with Crippen LogP contribution < -0.4 is 20.6 Å². The van der Waals surface area contributed by atoms with Gasteiger partial charge in [0.05, 0.1) is 9.92 Å². The van der Waals surface area contributed by atoms with Gasteiger partial charge < -0.3 is 4.52 Å². The smallest absolute Gasteiger partial charge is 0.360 e. The average molecular weight is 553 g/mol. The molecule has 33 heavy (non-hydrogen) atoms. The lowest BCUT2D eigenvalue weighted by atomic mass is 10.4. The first-order valence-corrected chi connectivity index (χ1v) is 13.5. The number of hydrogen-bond acceptors (Lipinski definition) is 7. The summed E-state index contributed by atoms with van der Waals surface area (Å²) >= 11 is 18.1. The Balaban J connectivity index is 1.79. The third kappa shape index (κ3) is 4.38. The van der Waals surface area contributed by atoms with Crippen LogP contribution in [-0.4, -0.2) is 46.1 Å². The first-order valence-electron chi connectivity index (χ1n) is 9.33. The molecule has 1 fully saturated rings. The summed E-state index contributed by atoms with van der Waals surface area (Å²) in [4.78, 5) is 0.738. The van der Waals surface area contributed by atoms with Crippen molar-refractivity contribution in [1.29, 1.82) is 5.41 Å². The van der Waals surface area contributed by atoms with E-state index in [4.69, 9.17) is 44.7 Å². The van der Waals surface area contributed by atoms with Gasteiger partial charge in [-0.3, -0.25) is 5.41 Å². The Morgan fingerprint density at radius 1 is 1.03 bits per heavy atom. The molecule has 0 radical (unpaired) electrons. The Kier molecular flexibility index (Phi) is 6.51. The molecule has 0 saturated carbocycles. The highest BCUT2D eigenvalue weighted by atomic mass is 35.5. The highest BCUT2D eigenvalue weighted by molar-refractivity contribution is 7.92. The maximum Gasteiger partial charge on any atom is 0.360 e. The van der Waals surface area contributed by atoms with Crippen LogP contribution in [0.3, 0.4) is 0 Å². The van der Waals surface area contributed by atoms with Gasteiger partial charge in [0, 0.05) is 24.7 Å². The van der Waals surface area contributed by atoms with Crippen molar-refractivity contribution in [1.82, 2.24) is 9.58 Å². The Morgan fingerprint density at radius 3 is 2.33 bits per heavy atom. The SMILES string of the molecule is N=c1o[n-][n+](N2CCN(S(=O)(=O)c3ccc(Cl)cc3Cl)CC2S(=O)(=O)c2ccccc2)c1Cl. The van der Waals surface area contributed by atoms with Crippen LogP contribution in [0.25, 0.3) is 0 Å². The molecule has 0 spiro atoms. The number of halogens is 3. The summed E-state index contributed by atoms with van der Waals surface area (Å²) in [5.74, 6) is 0. The van der Waals surface area contributed by atoms with E-state index in [0.29, 0.717) is 0 Å². The molecule has 2 aromatic carbocycles. The van der Waals surface area contributed by atoms with E-state index in [-0.39, 0.29) is 38.1 Å². The fraction of sp³-hybridized carbons (Fsp3) is 0.222. The molecule has 0 aliphatic carbocycles. The molecule has 1 N–H and O–H groups in total. The van der Waals surface area contributed by atoms with Crippen molar-refractivity contribution < 1.29 is 26.1 Å². The minimum atomic E-state index is -4.17. The Morgan fingerprint density at radius 2 is 1.73 bits per heavy atom. The second-order valence-corrected chi connectivity index (χ2v) is 12.2. The number of nitrogens with zero attached hydrogens (tertiary/aromatic N) is 4.